The molecule has 34 heavy (non-hydrogen) atoms. The molecule has 3 aromatic rings. The Hall–Kier alpha value is -4.17. The second-order valence-corrected chi connectivity index (χ2v) is 8.37. The molecule has 3 N–H and O–H groups in total. The number of fused-ring (bicyclic) bond motifs is 1. The number of amides is 3. The number of nitrogens with zero attached hydrogens (tertiary/aromatic N) is 2. The molecule has 0 saturated heterocycles. The van der Waals surface area contributed by atoms with Gasteiger partial charge in [-0.15, -0.1) is 0 Å². The van der Waals surface area contributed by atoms with Gasteiger partial charge in [-0.05, 0) is 35.9 Å². The number of methoxy groups -OCH3 is 1. The van der Waals surface area contributed by atoms with Crippen molar-refractivity contribution in [2.24, 2.45) is 5.73 Å². The molecule has 0 aliphatic carbocycles. The van der Waals surface area contributed by atoms with Gasteiger partial charge in [0, 0.05) is 40.5 Å². The molecule has 2 aliphatic heterocycles. The molecule has 3 amide bonds. The Bertz CT molecular complexity index is 1400. The molecule has 5 rings (SSSR count). The highest BCUT2D eigenvalue weighted by Gasteiger charge is 2.42. The van der Waals surface area contributed by atoms with Crippen molar-refractivity contribution in [2.75, 3.05) is 18.6 Å². The van der Waals surface area contributed by atoms with Gasteiger partial charge in [0.1, 0.15) is 5.75 Å². The summed E-state index contributed by atoms with van der Waals surface area (Å²) in [6.45, 7) is 0.328. The van der Waals surface area contributed by atoms with E-state index in [1.54, 1.807) is 48.7 Å². The van der Waals surface area contributed by atoms with Crippen molar-refractivity contribution in [1.82, 2.24) is 10.3 Å². The average Bonchev–Trinajstić information content (AvgIpc) is 3.34. The number of primary amides is 1. The molecule has 0 radical (unpaired) electrons. The van der Waals surface area contributed by atoms with Gasteiger partial charge in [0.25, 0.3) is 11.8 Å². The van der Waals surface area contributed by atoms with Crippen LogP contribution >= 0.6 is 11.6 Å². The van der Waals surface area contributed by atoms with Crippen LogP contribution in [0.4, 0.5) is 11.4 Å². The van der Waals surface area contributed by atoms with E-state index in [4.69, 9.17) is 22.1 Å². The van der Waals surface area contributed by atoms with Crippen molar-refractivity contribution in [3.8, 4) is 5.75 Å². The van der Waals surface area contributed by atoms with E-state index in [0.717, 1.165) is 11.3 Å². The molecule has 3 heterocycles. The monoisotopic (exact) mass is 474 g/mol. The number of carbonyl (C=O) groups excluding carboxylic acids is 3. The predicted molar refractivity (Wildman–Crippen MR) is 127 cm³/mol. The van der Waals surface area contributed by atoms with E-state index in [1.807, 2.05) is 11.0 Å². The fraction of sp³-hybridized carbons (Fsp3) is 0.120. The minimum atomic E-state index is -0.594. The number of anilines is 2. The number of nitrogens with one attached hydrogen (secondary N) is 1. The number of para-hydroxylation sites is 1. The SMILES string of the molecule is COc1ccccc1C1=C(C2CN(c3cncc(C(N)=O)c3)c3ccc(Cl)cc32)C(=O)NC1=O. The third kappa shape index (κ3) is 3.48. The van der Waals surface area contributed by atoms with Gasteiger partial charge in [0.2, 0.25) is 5.91 Å². The average molecular weight is 475 g/mol. The predicted octanol–water partition coefficient (Wildman–Crippen LogP) is 3.19. The first-order valence-corrected chi connectivity index (χ1v) is 10.8. The first kappa shape index (κ1) is 21.7. The zero-order valence-electron chi connectivity index (χ0n) is 18.0. The number of rotatable bonds is 5. The lowest BCUT2D eigenvalue weighted by Gasteiger charge is -2.20. The number of ether oxygens (including phenoxy) is 1. The van der Waals surface area contributed by atoms with Gasteiger partial charge < -0.3 is 15.4 Å². The second kappa shape index (κ2) is 8.31. The maximum atomic E-state index is 13.1. The Morgan fingerprint density at radius 1 is 1.15 bits per heavy atom. The number of carbonyl (C=O) groups is 3. The molecule has 1 atom stereocenters. The van der Waals surface area contributed by atoms with Crippen LogP contribution < -0.4 is 20.7 Å². The van der Waals surface area contributed by atoms with Crippen LogP contribution in [0.1, 0.15) is 27.4 Å². The summed E-state index contributed by atoms with van der Waals surface area (Å²) in [6.07, 6.45) is 3.01. The molecule has 0 bridgehead atoms. The number of pyridine rings is 1. The highest BCUT2D eigenvalue weighted by molar-refractivity contribution is 6.37. The van der Waals surface area contributed by atoms with Crippen LogP contribution in [0.5, 0.6) is 5.75 Å². The molecule has 2 aromatic carbocycles. The summed E-state index contributed by atoms with van der Waals surface area (Å²) < 4.78 is 5.46. The van der Waals surface area contributed by atoms with Gasteiger partial charge >= 0.3 is 0 Å². The Morgan fingerprint density at radius 3 is 2.71 bits per heavy atom. The van der Waals surface area contributed by atoms with E-state index < -0.39 is 23.6 Å². The molecular weight excluding hydrogens is 456 g/mol. The number of hydrogen-bond donors (Lipinski definition) is 2. The summed E-state index contributed by atoms with van der Waals surface area (Å²) in [5, 5.41) is 2.93. The van der Waals surface area contributed by atoms with Crippen LogP contribution in [-0.2, 0) is 9.59 Å². The number of nitrogens with two attached hydrogens (primary N) is 1. The fourth-order valence-corrected chi connectivity index (χ4v) is 4.73. The van der Waals surface area contributed by atoms with Gasteiger partial charge in [-0.1, -0.05) is 29.8 Å². The molecule has 0 saturated carbocycles. The van der Waals surface area contributed by atoms with Crippen molar-refractivity contribution in [3.63, 3.8) is 0 Å². The molecule has 2 aliphatic rings. The van der Waals surface area contributed by atoms with Crippen molar-refractivity contribution in [2.45, 2.75) is 5.92 Å². The lowest BCUT2D eigenvalue weighted by molar-refractivity contribution is -0.123. The van der Waals surface area contributed by atoms with E-state index in [1.165, 1.54) is 13.3 Å². The summed E-state index contributed by atoms with van der Waals surface area (Å²) >= 11 is 6.33. The van der Waals surface area contributed by atoms with Crippen molar-refractivity contribution >= 4 is 46.3 Å². The van der Waals surface area contributed by atoms with E-state index >= 15 is 0 Å². The molecule has 9 heteroatoms. The van der Waals surface area contributed by atoms with Gasteiger partial charge in [0.05, 0.1) is 30.1 Å². The third-order valence-corrected chi connectivity index (χ3v) is 6.27. The van der Waals surface area contributed by atoms with Crippen LogP contribution in [0.3, 0.4) is 0 Å². The van der Waals surface area contributed by atoms with Crippen molar-refractivity contribution in [1.29, 1.82) is 0 Å². The lowest BCUT2D eigenvalue weighted by Crippen LogP contribution is -2.25. The zero-order valence-corrected chi connectivity index (χ0v) is 18.8. The number of benzene rings is 2. The van der Waals surface area contributed by atoms with Crippen molar-refractivity contribution < 1.29 is 19.1 Å². The highest BCUT2D eigenvalue weighted by Crippen LogP contribution is 2.48. The third-order valence-electron chi connectivity index (χ3n) is 6.03. The highest BCUT2D eigenvalue weighted by atomic mass is 35.5. The number of imide groups is 1. The first-order chi connectivity index (χ1) is 16.4. The summed E-state index contributed by atoms with van der Waals surface area (Å²) in [7, 11) is 1.51. The van der Waals surface area contributed by atoms with Crippen LogP contribution in [0, 0.1) is 0 Å². The molecule has 0 fully saturated rings. The van der Waals surface area contributed by atoms with Gasteiger partial charge in [-0.3, -0.25) is 24.7 Å². The molecule has 170 valence electrons. The van der Waals surface area contributed by atoms with Crippen LogP contribution in [-0.4, -0.2) is 36.4 Å². The van der Waals surface area contributed by atoms with E-state index in [-0.39, 0.29) is 11.1 Å². The minimum Gasteiger partial charge on any atom is -0.496 e. The quantitative estimate of drug-likeness (QED) is 0.549. The summed E-state index contributed by atoms with van der Waals surface area (Å²) in [4.78, 5) is 43.8. The first-order valence-electron chi connectivity index (χ1n) is 10.4. The van der Waals surface area contributed by atoms with Gasteiger partial charge in [-0.25, -0.2) is 0 Å². The maximum absolute atomic E-state index is 13.1. The lowest BCUT2D eigenvalue weighted by atomic mass is 9.87. The summed E-state index contributed by atoms with van der Waals surface area (Å²) in [6, 6.07) is 14.1. The molecule has 1 unspecified atom stereocenters. The van der Waals surface area contributed by atoms with Crippen molar-refractivity contribution in [3.05, 3.63) is 88.2 Å². The number of halogens is 1. The molecule has 1 aromatic heterocycles. The normalized spacial score (nSPS) is 17.1. The Balaban J connectivity index is 1.69. The van der Waals surface area contributed by atoms with Crippen LogP contribution in [0.2, 0.25) is 5.02 Å². The molecular formula is C25H19ClN4O4. The molecule has 0 spiro atoms. The number of hydrogen-bond acceptors (Lipinski definition) is 6. The zero-order chi connectivity index (χ0) is 24.0. The van der Waals surface area contributed by atoms with E-state index in [2.05, 4.69) is 10.3 Å². The fourth-order valence-electron chi connectivity index (χ4n) is 4.55. The summed E-state index contributed by atoms with van der Waals surface area (Å²) in [5.41, 5.74) is 9.04. The topological polar surface area (TPSA) is 115 Å². The van der Waals surface area contributed by atoms with E-state index in [9.17, 15) is 14.4 Å². The molecule has 8 nitrogen and oxygen atoms in total. The smallest absolute Gasteiger partial charge is 0.259 e. The minimum absolute atomic E-state index is 0.263. The summed E-state index contributed by atoms with van der Waals surface area (Å²) in [5.74, 6) is -1.53. The Morgan fingerprint density at radius 2 is 1.94 bits per heavy atom. The number of aromatic nitrogens is 1. The van der Waals surface area contributed by atoms with Gasteiger partial charge in [-0.2, -0.15) is 0 Å². The van der Waals surface area contributed by atoms with Crippen LogP contribution in [0.15, 0.2) is 66.5 Å². The van der Waals surface area contributed by atoms with E-state index in [0.29, 0.717) is 34.1 Å². The second-order valence-electron chi connectivity index (χ2n) is 7.93. The Labute approximate surface area is 200 Å². The Kier molecular flexibility index (Phi) is 5.30. The van der Waals surface area contributed by atoms with Crippen LogP contribution in [0.25, 0.3) is 5.57 Å². The maximum Gasteiger partial charge on any atom is 0.259 e. The largest absolute Gasteiger partial charge is 0.496 e. The van der Waals surface area contributed by atoms with Gasteiger partial charge in [0.15, 0.2) is 0 Å². The standard InChI is InChI=1S/C25H19ClN4O4/c1-34-20-5-3-2-4-16(20)21-22(25(33)29-24(21)32)18-12-30(19-7-6-14(26)9-17(18)19)15-8-13(23(27)31)10-28-11-15/h2-11,18H,12H2,1H3,(H2,27,31)(H,29,32,33).